The molecule has 1 aromatic rings. The monoisotopic (exact) mass is 358 g/mol. The van der Waals surface area contributed by atoms with Gasteiger partial charge in [-0.05, 0) is 12.1 Å². The van der Waals surface area contributed by atoms with Crippen molar-refractivity contribution in [3.63, 3.8) is 0 Å². The van der Waals surface area contributed by atoms with Crippen LogP contribution in [0.4, 0.5) is 4.39 Å². The largest absolute Gasteiger partial charge is 0.351 e. The Bertz CT molecular complexity index is 551. The van der Waals surface area contributed by atoms with Gasteiger partial charge in [-0.15, -0.1) is 12.4 Å². The summed E-state index contributed by atoms with van der Waals surface area (Å²) in [6.07, 6.45) is 0.388. The number of nitrogens with two attached hydrogens (primary N) is 1. The summed E-state index contributed by atoms with van der Waals surface area (Å²) < 4.78 is 13.5. The van der Waals surface area contributed by atoms with E-state index < -0.39 is 11.7 Å². The standard InChI is InChI=1S/C16H23FN4O2.ClH/c17-14-4-2-1-3-13(14)16(23)19-7-8-20-9-11-21(12-10-20)15(22)5-6-18;/h1-4H,5-12,18H2,(H,19,23);1H. The lowest BCUT2D eigenvalue weighted by molar-refractivity contribution is -0.132. The number of hydrogen-bond donors (Lipinski definition) is 2. The summed E-state index contributed by atoms with van der Waals surface area (Å²) in [5.74, 6) is -0.822. The number of carbonyl (C=O) groups excluding carboxylic acids is 2. The molecule has 2 rings (SSSR count). The van der Waals surface area contributed by atoms with Crippen molar-refractivity contribution in [1.82, 2.24) is 15.1 Å². The molecule has 1 fully saturated rings. The first-order valence-corrected chi connectivity index (χ1v) is 7.84. The quantitative estimate of drug-likeness (QED) is 0.775. The van der Waals surface area contributed by atoms with E-state index in [1.807, 2.05) is 4.90 Å². The van der Waals surface area contributed by atoms with Gasteiger partial charge in [0.2, 0.25) is 5.91 Å². The Hall–Kier alpha value is -1.70. The van der Waals surface area contributed by atoms with Crippen LogP contribution in [0.5, 0.6) is 0 Å². The molecule has 24 heavy (non-hydrogen) atoms. The average Bonchev–Trinajstić information content (AvgIpc) is 2.56. The third-order valence-electron chi connectivity index (χ3n) is 3.92. The molecule has 1 aliphatic rings. The molecule has 0 aromatic heterocycles. The SMILES string of the molecule is Cl.NCCC(=O)N1CCN(CCNC(=O)c2ccccc2F)CC1. The lowest BCUT2D eigenvalue weighted by Gasteiger charge is -2.34. The van der Waals surface area contributed by atoms with Crippen LogP contribution in [0, 0.1) is 5.82 Å². The molecule has 8 heteroatoms. The summed E-state index contributed by atoms with van der Waals surface area (Å²) in [5.41, 5.74) is 5.45. The maximum atomic E-state index is 13.5. The maximum absolute atomic E-state index is 13.5. The van der Waals surface area contributed by atoms with Crippen LogP contribution in [-0.2, 0) is 4.79 Å². The number of piperazine rings is 1. The van der Waals surface area contributed by atoms with Crippen LogP contribution in [0.1, 0.15) is 16.8 Å². The van der Waals surface area contributed by atoms with E-state index in [1.54, 1.807) is 12.1 Å². The summed E-state index contributed by atoms with van der Waals surface area (Å²) in [5, 5.41) is 2.72. The highest BCUT2D eigenvalue weighted by atomic mass is 35.5. The van der Waals surface area contributed by atoms with E-state index >= 15 is 0 Å². The first kappa shape index (κ1) is 20.3. The minimum atomic E-state index is -0.517. The predicted octanol–water partition coefficient (Wildman–Crippen LogP) is 0.470. The van der Waals surface area contributed by atoms with Gasteiger partial charge >= 0.3 is 0 Å². The lowest BCUT2D eigenvalue weighted by Crippen LogP contribution is -2.50. The Labute approximate surface area is 147 Å². The number of amides is 2. The highest BCUT2D eigenvalue weighted by Crippen LogP contribution is 2.06. The van der Waals surface area contributed by atoms with Gasteiger partial charge in [-0.25, -0.2) is 4.39 Å². The molecule has 0 saturated carbocycles. The zero-order valence-electron chi connectivity index (χ0n) is 13.5. The van der Waals surface area contributed by atoms with Crippen molar-refractivity contribution in [3.8, 4) is 0 Å². The Morgan fingerprint density at radius 1 is 1.17 bits per heavy atom. The molecule has 0 radical (unpaired) electrons. The van der Waals surface area contributed by atoms with Gasteiger partial charge in [0, 0.05) is 52.2 Å². The second-order valence-electron chi connectivity index (χ2n) is 5.50. The maximum Gasteiger partial charge on any atom is 0.254 e. The van der Waals surface area contributed by atoms with Crippen molar-refractivity contribution in [2.24, 2.45) is 5.73 Å². The van der Waals surface area contributed by atoms with Gasteiger partial charge in [0.05, 0.1) is 5.56 Å². The van der Waals surface area contributed by atoms with Gasteiger partial charge < -0.3 is 16.0 Å². The van der Waals surface area contributed by atoms with Gasteiger partial charge in [0.25, 0.3) is 5.91 Å². The molecule has 0 spiro atoms. The molecule has 0 unspecified atom stereocenters. The number of carbonyl (C=O) groups is 2. The summed E-state index contributed by atoms with van der Waals surface area (Å²) in [6.45, 7) is 4.40. The summed E-state index contributed by atoms with van der Waals surface area (Å²) >= 11 is 0. The molecule has 3 N–H and O–H groups in total. The lowest BCUT2D eigenvalue weighted by atomic mass is 10.2. The Morgan fingerprint density at radius 2 is 1.83 bits per heavy atom. The molecule has 1 saturated heterocycles. The molecule has 1 heterocycles. The Kier molecular flexibility index (Phi) is 8.67. The molecule has 0 aliphatic carbocycles. The smallest absolute Gasteiger partial charge is 0.254 e. The van der Waals surface area contributed by atoms with Crippen molar-refractivity contribution in [2.45, 2.75) is 6.42 Å². The third kappa shape index (κ3) is 5.74. The van der Waals surface area contributed by atoms with Gasteiger partial charge in [0.15, 0.2) is 0 Å². The van der Waals surface area contributed by atoms with E-state index in [4.69, 9.17) is 5.73 Å². The van der Waals surface area contributed by atoms with E-state index in [2.05, 4.69) is 10.2 Å². The van der Waals surface area contributed by atoms with Crippen molar-refractivity contribution in [1.29, 1.82) is 0 Å². The molecular formula is C16H24ClFN4O2. The molecule has 0 bridgehead atoms. The molecule has 1 aliphatic heterocycles. The molecule has 1 aromatic carbocycles. The van der Waals surface area contributed by atoms with E-state index in [0.717, 1.165) is 13.1 Å². The zero-order valence-corrected chi connectivity index (χ0v) is 14.4. The number of hydrogen-bond acceptors (Lipinski definition) is 4. The summed E-state index contributed by atoms with van der Waals surface area (Å²) in [4.78, 5) is 27.6. The second-order valence-corrected chi connectivity index (χ2v) is 5.50. The van der Waals surface area contributed by atoms with Crippen molar-refractivity contribution in [3.05, 3.63) is 35.6 Å². The first-order valence-electron chi connectivity index (χ1n) is 7.84. The van der Waals surface area contributed by atoms with E-state index in [1.165, 1.54) is 12.1 Å². The topological polar surface area (TPSA) is 78.7 Å². The fourth-order valence-electron chi connectivity index (χ4n) is 2.57. The molecule has 2 amide bonds. The Balaban J connectivity index is 0.00000288. The van der Waals surface area contributed by atoms with Crippen LogP contribution in [-0.4, -0.2) is 67.4 Å². The fraction of sp³-hybridized carbons (Fsp3) is 0.500. The highest BCUT2D eigenvalue weighted by molar-refractivity contribution is 5.94. The van der Waals surface area contributed by atoms with Crippen LogP contribution < -0.4 is 11.1 Å². The van der Waals surface area contributed by atoms with Gasteiger partial charge in [-0.3, -0.25) is 14.5 Å². The molecular weight excluding hydrogens is 335 g/mol. The molecule has 134 valence electrons. The number of nitrogens with one attached hydrogen (secondary N) is 1. The van der Waals surface area contributed by atoms with Crippen LogP contribution in [0.25, 0.3) is 0 Å². The van der Waals surface area contributed by atoms with Gasteiger partial charge in [-0.1, -0.05) is 12.1 Å². The number of halogens is 2. The average molecular weight is 359 g/mol. The van der Waals surface area contributed by atoms with E-state index in [9.17, 15) is 14.0 Å². The van der Waals surface area contributed by atoms with Crippen LogP contribution in [0.15, 0.2) is 24.3 Å². The summed E-state index contributed by atoms with van der Waals surface area (Å²) in [6, 6.07) is 5.92. The minimum absolute atomic E-state index is 0. The summed E-state index contributed by atoms with van der Waals surface area (Å²) in [7, 11) is 0. The molecule has 6 nitrogen and oxygen atoms in total. The van der Waals surface area contributed by atoms with Gasteiger partial charge in [0.1, 0.15) is 5.82 Å². The van der Waals surface area contributed by atoms with Crippen molar-refractivity contribution < 1.29 is 14.0 Å². The third-order valence-corrected chi connectivity index (χ3v) is 3.92. The van der Waals surface area contributed by atoms with Gasteiger partial charge in [-0.2, -0.15) is 0 Å². The molecule has 0 atom stereocenters. The predicted molar refractivity (Wildman–Crippen MR) is 92.7 cm³/mol. The number of nitrogens with zero attached hydrogens (tertiary/aromatic N) is 2. The first-order chi connectivity index (χ1) is 11.1. The Morgan fingerprint density at radius 3 is 2.46 bits per heavy atom. The van der Waals surface area contributed by atoms with E-state index in [0.29, 0.717) is 39.1 Å². The zero-order chi connectivity index (χ0) is 16.7. The van der Waals surface area contributed by atoms with Crippen LogP contribution >= 0.6 is 12.4 Å². The highest BCUT2D eigenvalue weighted by Gasteiger charge is 2.20. The fourth-order valence-corrected chi connectivity index (χ4v) is 2.57. The minimum Gasteiger partial charge on any atom is -0.351 e. The van der Waals surface area contributed by atoms with E-state index in [-0.39, 0.29) is 23.9 Å². The second kappa shape index (κ2) is 10.2. The van der Waals surface area contributed by atoms with Crippen LogP contribution in [0.3, 0.4) is 0 Å². The number of rotatable bonds is 6. The normalized spacial score (nSPS) is 14.8. The van der Waals surface area contributed by atoms with Crippen LogP contribution in [0.2, 0.25) is 0 Å². The number of benzene rings is 1. The van der Waals surface area contributed by atoms with Crippen molar-refractivity contribution in [2.75, 3.05) is 45.8 Å². The van der Waals surface area contributed by atoms with Crippen molar-refractivity contribution >= 4 is 24.2 Å².